The summed E-state index contributed by atoms with van der Waals surface area (Å²) in [6.07, 6.45) is 9.01. The van der Waals surface area contributed by atoms with E-state index in [4.69, 9.17) is 14.2 Å². The quantitative estimate of drug-likeness (QED) is 0.313. The third kappa shape index (κ3) is 9.76. The molecule has 1 aromatic carbocycles. The molecule has 0 bridgehead atoms. The van der Waals surface area contributed by atoms with Crippen molar-refractivity contribution in [3.63, 3.8) is 0 Å². The number of allylic oxidation sites excluding steroid dienone is 1. The first-order valence-electron chi connectivity index (χ1n) is 20.1. The lowest BCUT2D eigenvalue weighted by molar-refractivity contribution is -0.141. The maximum Gasteiger partial charge on any atom is 0.410 e. The number of alkyl carbamates (subject to hydrolysis) is 1. The van der Waals surface area contributed by atoms with E-state index in [1.807, 2.05) is 42.6 Å². The summed E-state index contributed by atoms with van der Waals surface area (Å²) in [5, 5.41) is 9.06. The Labute approximate surface area is 338 Å². The van der Waals surface area contributed by atoms with Crippen LogP contribution in [0.5, 0.6) is 5.75 Å². The summed E-state index contributed by atoms with van der Waals surface area (Å²) in [5.74, 6) is -1.88. The van der Waals surface area contributed by atoms with Gasteiger partial charge in [0.05, 0.1) is 18.3 Å². The molecule has 0 radical (unpaired) electrons. The van der Waals surface area contributed by atoms with Gasteiger partial charge in [0, 0.05) is 37.8 Å². The van der Waals surface area contributed by atoms with Crippen LogP contribution in [0.3, 0.4) is 0 Å². The summed E-state index contributed by atoms with van der Waals surface area (Å²) in [5.41, 5.74) is -0.543. The molecule has 58 heavy (non-hydrogen) atoms. The molecule has 2 aliphatic carbocycles. The number of amides is 5. The number of nitrogens with one attached hydrogen (secondary N) is 3. The molecule has 314 valence electrons. The van der Waals surface area contributed by atoms with Crippen LogP contribution in [-0.4, -0.2) is 106 Å². The lowest BCUT2D eigenvalue weighted by Gasteiger charge is -2.30. The number of nitrogens with zero attached hydrogens (tertiary/aromatic N) is 4. The van der Waals surface area contributed by atoms with Gasteiger partial charge in [0.1, 0.15) is 41.7 Å². The Hall–Kier alpha value is -5.13. The summed E-state index contributed by atoms with van der Waals surface area (Å²) < 4.78 is 47.0. The highest BCUT2D eigenvalue weighted by Crippen LogP contribution is 2.46. The molecule has 3 fully saturated rings. The fraction of sp³-hybridized carbons (Fsp3) is 0.600. The van der Waals surface area contributed by atoms with Crippen molar-refractivity contribution < 1.29 is 46.6 Å². The van der Waals surface area contributed by atoms with E-state index in [1.54, 1.807) is 31.6 Å². The van der Waals surface area contributed by atoms with Crippen LogP contribution in [0.2, 0.25) is 0 Å². The normalized spacial score (nSPS) is 26.8. The number of sulfonamides is 1. The SMILES string of the molecule is CC(C)(C)OC(=O)N[C@H]1CCCCC/C=C/[C@@H]2C[C@@]2(C(=O)NS(=O)(=O)C2CC2)NC(=O)[C@@H]2C[C@@H](OC(=O)N3Cc4ccc(OCCn5cccn5)cc4C3)CN2C1=O. The van der Waals surface area contributed by atoms with E-state index >= 15 is 0 Å². The van der Waals surface area contributed by atoms with Crippen LogP contribution in [0.1, 0.15) is 89.7 Å². The van der Waals surface area contributed by atoms with Gasteiger partial charge in [-0.3, -0.25) is 28.7 Å². The summed E-state index contributed by atoms with van der Waals surface area (Å²) in [6.45, 7) is 6.52. The Morgan fingerprint density at radius 3 is 2.59 bits per heavy atom. The van der Waals surface area contributed by atoms with Crippen LogP contribution in [-0.2, 0) is 53.5 Å². The second kappa shape index (κ2) is 16.6. The second-order valence-electron chi connectivity index (χ2n) is 16.9. The molecule has 1 aromatic heterocycles. The molecule has 2 aromatic rings. The van der Waals surface area contributed by atoms with Gasteiger partial charge in [0.15, 0.2) is 0 Å². The molecule has 2 saturated carbocycles. The molecular formula is C40H53N7O10S. The smallest absolute Gasteiger partial charge is 0.410 e. The first kappa shape index (κ1) is 41.0. The minimum atomic E-state index is -3.92. The van der Waals surface area contributed by atoms with Crippen molar-refractivity contribution >= 4 is 39.9 Å². The minimum Gasteiger partial charge on any atom is -0.492 e. The number of rotatable bonds is 9. The van der Waals surface area contributed by atoms with E-state index in [9.17, 15) is 32.4 Å². The van der Waals surface area contributed by atoms with Crippen molar-refractivity contribution in [1.29, 1.82) is 0 Å². The molecule has 3 aliphatic heterocycles. The molecule has 17 nitrogen and oxygen atoms in total. The highest BCUT2D eigenvalue weighted by atomic mass is 32.2. The number of ether oxygens (including phenoxy) is 3. The fourth-order valence-electron chi connectivity index (χ4n) is 7.79. The molecule has 5 amide bonds. The van der Waals surface area contributed by atoms with E-state index in [0.717, 1.165) is 24.0 Å². The average molecular weight is 824 g/mol. The van der Waals surface area contributed by atoms with Crippen LogP contribution in [0, 0.1) is 5.92 Å². The first-order chi connectivity index (χ1) is 27.6. The van der Waals surface area contributed by atoms with Crippen molar-refractivity contribution in [2.45, 2.75) is 133 Å². The Morgan fingerprint density at radius 1 is 1.05 bits per heavy atom. The maximum atomic E-state index is 14.4. The van der Waals surface area contributed by atoms with Gasteiger partial charge in [-0.05, 0) is 88.6 Å². The Morgan fingerprint density at radius 2 is 1.84 bits per heavy atom. The summed E-state index contributed by atoms with van der Waals surface area (Å²) in [6, 6.07) is 5.22. The molecule has 0 unspecified atom stereocenters. The van der Waals surface area contributed by atoms with E-state index in [1.165, 1.54) is 9.80 Å². The first-order valence-corrected chi connectivity index (χ1v) is 21.7. The molecule has 1 saturated heterocycles. The number of aromatic nitrogens is 2. The molecule has 18 heteroatoms. The van der Waals surface area contributed by atoms with Gasteiger partial charge in [-0.2, -0.15) is 5.10 Å². The lowest BCUT2D eigenvalue weighted by atomic mass is 10.0. The van der Waals surface area contributed by atoms with Gasteiger partial charge in [-0.15, -0.1) is 0 Å². The molecular weight excluding hydrogens is 771 g/mol. The second-order valence-corrected chi connectivity index (χ2v) is 18.8. The van der Waals surface area contributed by atoms with Crippen molar-refractivity contribution in [3.05, 3.63) is 59.9 Å². The Balaban J connectivity index is 1.07. The average Bonchev–Trinajstić information content (AvgIpc) is 3.94. The zero-order valence-corrected chi connectivity index (χ0v) is 34.0. The van der Waals surface area contributed by atoms with E-state index < -0.39 is 80.4 Å². The summed E-state index contributed by atoms with van der Waals surface area (Å²) >= 11 is 0. The highest BCUT2D eigenvalue weighted by Gasteiger charge is 2.62. The monoisotopic (exact) mass is 823 g/mol. The van der Waals surface area contributed by atoms with Crippen molar-refractivity contribution in [3.8, 4) is 5.75 Å². The third-order valence-electron chi connectivity index (χ3n) is 11.1. The standard InChI is InChI=1S/C40H53N7O10S/c1-39(2,3)57-37(51)42-32-11-8-6-4-5-7-10-28-22-40(28,36(50)44-58(53,54)31-14-15-31)43-34(48)33-21-30(25-47(33)35(32)49)56-38(52)45-23-26-12-13-29(20-27(26)24-45)55-19-18-46-17-9-16-41-46/h7,9-10,12-13,16-17,20,28,30-33H,4-6,8,11,14-15,18-19,21-25H2,1-3H3,(H,42,51)(H,43,48)(H,44,50)/b10-7+/t28-,30-,32+,33+,40-/m1/s1. The summed E-state index contributed by atoms with van der Waals surface area (Å²) in [4.78, 5) is 71.9. The van der Waals surface area contributed by atoms with Gasteiger partial charge >= 0.3 is 12.2 Å². The minimum absolute atomic E-state index is 0.0872. The highest BCUT2D eigenvalue weighted by molar-refractivity contribution is 7.91. The van der Waals surface area contributed by atoms with Crippen molar-refractivity contribution in [2.24, 2.45) is 5.92 Å². The molecule has 5 atom stereocenters. The predicted molar refractivity (Wildman–Crippen MR) is 208 cm³/mol. The number of benzene rings is 1. The molecule has 7 rings (SSSR count). The van der Waals surface area contributed by atoms with Crippen LogP contribution < -0.4 is 20.1 Å². The zero-order valence-electron chi connectivity index (χ0n) is 33.2. The number of carbonyl (C=O) groups is 5. The topological polar surface area (TPSA) is 208 Å². The van der Waals surface area contributed by atoms with Crippen LogP contribution in [0.15, 0.2) is 48.8 Å². The van der Waals surface area contributed by atoms with Crippen LogP contribution in [0.25, 0.3) is 0 Å². The van der Waals surface area contributed by atoms with Gasteiger partial charge in [-0.25, -0.2) is 18.0 Å². The number of carbonyl (C=O) groups excluding carboxylic acids is 5. The Kier molecular flexibility index (Phi) is 11.8. The molecule has 3 N–H and O–H groups in total. The molecule has 0 spiro atoms. The Bertz CT molecular complexity index is 2030. The number of hydrogen-bond donors (Lipinski definition) is 3. The lowest BCUT2D eigenvalue weighted by Crippen LogP contribution is -2.58. The fourth-order valence-corrected chi connectivity index (χ4v) is 9.16. The number of fused-ring (bicyclic) bond motifs is 3. The van der Waals surface area contributed by atoms with Crippen LogP contribution >= 0.6 is 0 Å². The third-order valence-corrected chi connectivity index (χ3v) is 12.9. The van der Waals surface area contributed by atoms with Gasteiger partial charge in [-0.1, -0.05) is 31.1 Å². The maximum absolute atomic E-state index is 14.4. The van der Waals surface area contributed by atoms with Gasteiger partial charge in [0.25, 0.3) is 5.91 Å². The molecule has 5 aliphatic rings. The summed E-state index contributed by atoms with van der Waals surface area (Å²) in [7, 11) is -3.92. The zero-order chi connectivity index (χ0) is 41.2. The largest absolute Gasteiger partial charge is 0.492 e. The predicted octanol–water partition coefficient (Wildman–Crippen LogP) is 3.28. The number of hydrogen-bond acceptors (Lipinski definition) is 11. The van der Waals surface area contributed by atoms with Crippen LogP contribution in [0.4, 0.5) is 9.59 Å². The van der Waals surface area contributed by atoms with Gasteiger partial charge < -0.3 is 29.7 Å². The van der Waals surface area contributed by atoms with E-state index in [-0.39, 0.29) is 32.4 Å². The van der Waals surface area contributed by atoms with Gasteiger partial charge in [0.2, 0.25) is 21.8 Å². The van der Waals surface area contributed by atoms with Crippen molar-refractivity contribution in [1.82, 2.24) is 34.9 Å². The van der Waals surface area contributed by atoms with E-state index in [2.05, 4.69) is 20.5 Å². The van der Waals surface area contributed by atoms with E-state index in [0.29, 0.717) is 51.1 Å². The molecule has 4 heterocycles. The van der Waals surface area contributed by atoms with Crippen molar-refractivity contribution in [2.75, 3.05) is 13.2 Å².